The molecule has 0 aromatic carbocycles. The number of carbonyl (C=O) groups excluding carboxylic acids is 1. The van der Waals surface area contributed by atoms with Crippen LogP contribution in [0.5, 0.6) is 0 Å². The van der Waals surface area contributed by atoms with Gasteiger partial charge in [0.15, 0.2) is 0 Å². The van der Waals surface area contributed by atoms with E-state index in [0.717, 1.165) is 31.2 Å². The van der Waals surface area contributed by atoms with E-state index < -0.39 is 5.97 Å². The number of aromatic nitrogens is 1. The molecule has 20 heavy (non-hydrogen) atoms. The quantitative estimate of drug-likeness (QED) is 0.893. The zero-order valence-electron chi connectivity index (χ0n) is 11.8. The number of anilines is 1. The summed E-state index contributed by atoms with van der Waals surface area (Å²) in [5, 5.41) is 9.61. The van der Waals surface area contributed by atoms with Crippen LogP contribution in [-0.4, -0.2) is 52.9 Å². The Hall–Kier alpha value is -1.47. The average Bonchev–Trinajstić information content (AvgIpc) is 3.03. The van der Waals surface area contributed by atoms with Gasteiger partial charge in [-0.15, -0.1) is 0 Å². The van der Waals surface area contributed by atoms with E-state index >= 15 is 0 Å². The molecule has 1 N–H and O–H groups in total. The third kappa shape index (κ3) is 3.16. The second kappa shape index (κ2) is 6.32. The van der Waals surface area contributed by atoms with E-state index in [2.05, 4.69) is 9.27 Å². The molecule has 0 radical (unpaired) electrons. The highest BCUT2D eigenvalue weighted by Crippen LogP contribution is 2.28. The molecule has 2 rings (SSSR count). The molecular weight excluding hydrogens is 278 g/mol. The predicted octanol–water partition coefficient (Wildman–Crippen LogP) is 1.60. The molecular formula is C13H19N3O3S. The lowest BCUT2D eigenvalue weighted by Crippen LogP contribution is -2.31. The number of carboxylic acids is 1. The molecule has 1 aliphatic rings. The van der Waals surface area contributed by atoms with Gasteiger partial charge < -0.3 is 14.9 Å². The topological polar surface area (TPSA) is 73.7 Å². The van der Waals surface area contributed by atoms with Gasteiger partial charge in [0.1, 0.15) is 10.6 Å². The lowest BCUT2D eigenvalue weighted by molar-refractivity contribution is -0.118. The number of carbonyl (C=O) groups is 2. The predicted molar refractivity (Wildman–Crippen MR) is 77.5 cm³/mol. The summed E-state index contributed by atoms with van der Waals surface area (Å²) >= 11 is 1.06. The minimum atomic E-state index is -1.04. The number of amides is 1. The molecule has 0 atom stereocenters. The minimum Gasteiger partial charge on any atom is -0.478 e. The van der Waals surface area contributed by atoms with Crippen LogP contribution in [0.2, 0.25) is 0 Å². The molecule has 0 saturated carbocycles. The Bertz CT molecular complexity index is 509. The maximum atomic E-state index is 12.2. The Morgan fingerprint density at radius 2 is 2.05 bits per heavy atom. The first-order valence-electron chi connectivity index (χ1n) is 6.69. The van der Waals surface area contributed by atoms with Crippen molar-refractivity contribution in [3.8, 4) is 0 Å². The Morgan fingerprint density at radius 3 is 2.65 bits per heavy atom. The van der Waals surface area contributed by atoms with Gasteiger partial charge in [0.25, 0.3) is 0 Å². The molecule has 1 fully saturated rings. The van der Waals surface area contributed by atoms with Crippen LogP contribution in [0.1, 0.15) is 35.3 Å². The number of hydrogen-bond donors (Lipinski definition) is 1. The standard InChI is InChI=1S/C13H19N3O3S/c1-9-11(13(18)19)12(20-14-9)15(2)10(17)5-8-16-6-3-4-7-16/h3-8H2,1-2H3,(H,18,19). The third-order valence-corrected chi connectivity index (χ3v) is 4.59. The summed E-state index contributed by atoms with van der Waals surface area (Å²) in [5.74, 6) is -1.10. The van der Waals surface area contributed by atoms with Crippen molar-refractivity contribution in [3.63, 3.8) is 0 Å². The van der Waals surface area contributed by atoms with Crippen molar-refractivity contribution in [2.75, 3.05) is 31.6 Å². The van der Waals surface area contributed by atoms with Crippen LogP contribution in [0, 0.1) is 6.92 Å². The van der Waals surface area contributed by atoms with E-state index in [-0.39, 0.29) is 11.5 Å². The Kier molecular flexibility index (Phi) is 4.72. The lowest BCUT2D eigenvalue weighted by atomic mass is 10.2. The van der Waals surface area contributed by atoms with Gasteiger partial charge in [-0.1, -0.05) is 0 Å². The van der Waals surface area contributed by atoms with Gasteiger partial charge >= 0.3 is 5.97 Å². The van der Waals surface area contributed by atoms with Crippen LogP contribution in [0.15, 0.2) is 0 Å². The Morgan fingerprint density at radius 1 is 1.40 bits per heavy atom. The van der Waals surface area contributed by atoms with Gasteiger partial charge in [-0.05, 0) is 44.4 Å². The van der Waals surface area contributed by atoms with E-state index in [9.17, 15) is 14.7 Å². The first-order chi connectivity index (χ1) is 9.50. The molecule has 0 aliphatic carbocycles. The van der Waals surface area contributed by atoms with Gasteiger partial charge in [-0.25, -0.2) is 4.79 Å². The number of hydrogen-bond acceptors (Lipinski definition) is 5. The molecule has 1 saturated heterocycles. The molecule has 0 bridgehead atoms. The van der Waals surface area contributed by atoms with Crippen LogP contribution >= 0.6 is 11.5 Å². The molecule has 7 heteroatoms. The fourth-order valence-electron chi connectivity index (χ4n) is 2.37. The molecule has 6 nitrogen and oxygen atoms in total. The highest BCUT2D eigenvalue weighted by molar-refractivity contribution is 7.11. The van der Waals surface area contributed by atoms with Crippen LogP contribution in [0.4, 0.5) is 5.00 Å². The SMILES string of the molecule is Cc1nsc(N(C)C(=O)CCN2CCCC2)c1C(=O)O. The van der Waals surface area contributed by atoms with Crippen molar-refractivity contribution < 1.29 is 14.7 Å². The molecule has 1 aliphatic heterocycles. The van der Waals surface area contributed by atoms with Crippen LogP contribution in [0.3, 0.4) is 0 Å². The molecule has 1 aromatic heterocycles. The van der Waals surface area contributed by atoms with Gasteiger partial charge in [0, 0.05) is 20.0 Å². The van der Waals surface area contributed by atoms with Crippen LogP contribution in [-0.2, 0) is 4.79 Å². The van der Waals surface area contributed by atoms with Crippen LogP contribution < -0.4 is 4.90 Å². The summed E-state index contributed by atoms with van der Waals surface area (Å²) in [4.78, 5) is 27.1. The summed E-state index contributed by atoms with van der Waals surface area (Å²) in [6, 6.07) is 0. The molecule has 1 aromatic rings. The first kappa shape index (κ1) is 14.9. The highest BCUT2D eigenvalue weighted by Gasteiger charge is 2.24. The second-order valence-electron chi connectivity index (χ2n) is 5.00. The number of aromatic carboxylic acids is 1. The molecule has 110 valence electrons. The maximum absolute atomic E-state index is 12.2. The molecule has 0 spiro atoms. The van der Waals surface area contributed by atoms with E-state index in [1.807, 2.05) is 0 Å². The second-order valence-corrected chi connectivity index (χ2v) is 5.76. The number of nitrogens with zero attached hydrogens (tertiary/aromatic N) is 3. The van der Waals surface area contributed by atoms with E-state index in [0.29, 0.717) is 17.1 Å². The zero-order chi connectivity index (χ0) is 14.7. The summed E-state index contributed by atoms with van der Waals surface area (Å²) in [7, 11) is 1.62. The zero-order valence-corrected chi connectivity index (χ0v) is 12.6. The third-order valence-electron chi connectivity index (χ3n) is 3.58. The summed E-state index contributed by atoms with van der Waals surface area (Å²) in [6.45, 7) is 4.49. The Labute approximate surface area is 122 Å². The van der Waals surface area contributed by atoms with Gasteiger partial charge in [0.2, 0.25) is 5.91 Å². The number of likely N-dealkylation sites (tertiary alicyclic amines) is 1. The van der Waals surface area contributed by atoms with E-state index in [4.69, 9.17) is 0 Å². The van der Waals surface area contributed by atoms with Gasteiger partial charge in [0.05, 0.1) is 5.69 Å². The molecule has 1 amide bonds. The maximum Gasteiger partial charge on any atom is 0.340 e. The lowest BCUT2D eigenvalue weighted by Gasteiger charge is -2.18. The number of carboxylic acid groups (broad SMARTS) is 1. The van der Waals surface area contributed by atoms with Crippen molar-refractivity contribution >= 4 is 28.4 Å². The van der Waals surface area contributed by atoms with E-state index in [1.165, 1.54) is 17.7 Å². The van der Waals surface area contributed by atoms with Gasteiger partial charge in [-0.3, -0.25) is 4.79 Å². The summed E-state index contributed by atoms with van der Waals surface area (Å²) in [5.41, 5.74) is 0.587. The fraction of sp³-hybridized carbons (Fsp3) is 0.615. The van der Waals surface area contributed by atoms with Gasteiger partial charge in [-0.2, -0.15) is 4.37 Å². The smallest absolute Gasteiger partial charge is 0.340 e. The van der Waals surface area contributed by atoms with Crippen molar-refractivity contribution in [2.45, 2.75) is 26.2 Å². The van der Waals surface area contributed by atoms with E-state index in [1.54, 1.807) is 14.0 Å². The fourth-order valence-corrected chi connectivity index (χ4v) is 3.24. The van der Waals surface area contributed by atoms with Crippen molar-refractivity contribution in [2.24, 2.45) is 0 Å². The minimum absolute atomic E-state index is 0.0666. The summed E-state index contributed by atoms with van der Waals surface area (Å²) in [6.07, 6.45) is 2.80. The normalized spacial score (nSPS) is 15.5. The van der Waals surface area contributed by atoms with Crippen molar-refractivity contribution in [1.82, 2.24) is 9.27 Å². The number of aryl methyl sites for hydroxylation is 1. The monoisotopic (exact) mass is 297 g/mol. The largest absolute Gasteiger partial charge is 0.478 e. The average molecular weight is 297 g/mol. The number of rotatable bonds is 5. The van der Waals surface area contributed by atoms with Crippen molar-refractivity contribution in [1.29, 1.82) is 0 Å². The summed E-state index contributed by atoms with van der Waals surface area (Å²) < 4.78 is 4.04. The van der Waals surface area contributed by atoms with Crippen LogP contribution in [0.25, 0.3) is 0 Å². The molecule has 2 heterocycles. The molecule has 0 unspecified atom stereocenters. The Balaban J connectivity index is 2.01. The highest BCUT2D eigenvalue weighted by atomic mass is 32.1. The first-order valence-corrected chi connectivity index (χ1v) is 7.46. The van der Waals surface area contributed by atoms with Crippen molar-refractivity contribution in [3.05, 3.63) is 11.3 Å².